The number of nitrogens with two attached hydrogens (primary N) is 1. The lowest BCUT2D eigenvalue weighted by Gasteiger charge is -2.20. The van der Waals surface area contributed by atoms with Gasteiger partial charge in [0.05, 0.1) is 13.2 Å². The Bertz CT molecular complexity index is 1290. The molecule has 0 aliphatic carbocycles. The number of hydrogen-bond acceptors (Lipinski definition) is 8. The summed E-state index contributed by atoms with van der Waals surface area (Å²) in [5.74, 6) is -3.81. The van der Waals surface area contributed by atoms with Gasteiger partial charge in [-0.1, -0.05) is 6.92 Å². The molecule has 202 valence electrons. The molecule has 0 fully saturated rings. The monoisotopic (exact) mass is 528 g/mol. The maximum absolute atomic E-state index is 16.1. The van der Waals surface area contributed by atoms with Gasteiger partial charge in [0, 0.05) is 25.1 Å². The second kappa shape index (κ2) is 11.7. The molecule has 0 radical (unpaired) electrons. The molecule has 13 heteroatoms. The summed E-state index contributed by atoms with van der Waals surface area (Å²) in [6, 6.07) is -0.215. The van der Waals surface area contributed by atoms with E-state index in [4.69, 9.17) is 15.2 Å². The fourth-order valence-corrected chi connectivity index (χ4v) is 3.71. The van der Waals surface area contributed by atoms with Crippen molar-refractivity contribution >= 4 is 22.4 Å². The summed E-state index contributed by atoms with van der Waals surface area (Å²) in [6.45, 7) is 5.64. The van der Waals surface area contributed by atoms with Gasteiger partial charge < -0.3 is 25.8 Å². The Labute approximate surface area is 210 Å². The zero-order valence-electron chi connectivity index (χ0n) is 21.1. The molecule has 37 heavy (non-hydrogen) atoms. The fourth-order valence-electron chi connectivity index (χ4n) is 3.71. The van der Waals surface area contributed by atoms with Gasteiger partial charge in [0.25, 0.3) is 0 Å². The summed E-state index contributed by atoms with van der Waals surface area (Å²) in [7, 11) is 3.02. The molecule has 0 saturated heterocycles. The number of aromatic nitrogens is 3. The Hall–Kier alpha value is -3.48. The van der Waals surface area contributed by atoms with Gasteiger partial charge in [0.15, 0.2) is 17.5 Å². The number of alkyl halides is 2. The Morgan fingerprint density at radius 2 is 1.73 bits per heavy atom. The van der Waals surface area contributed by atoms with E-state index < -0.39 is 58.9 Å². The van der Waals surface area contributed by atoms with Crippen molar-refractivity contribution in [3.8, 4) is 23.1 Å². The summed E-state index contributed by atoms with van der Waals surface area (Å²) in [5.41, 5.74) is 2.10. The number of pyridine rings is 1. The third-order valence-corrected chi connectivity index (χ3v) is 5.84. The zero-order valence-corrected chi connectivity index (χ0v) is 21.1. The summed E-state index contributed by atoms with van der Waals surface area (Å²) < 4.78 is 84.0. The van der Waals surface area contributed by atoms with Crippen LogP contribution in [0, 0.1) is 24.4 Å². The molecule has 8 nitrogen and oxygen atoms in total. The number of anilines is 2. The first-order valence-electron chi connectivity index (χ1n) is 11.6. The Morgan fingerprint density at radius 3 is 2.32 bits per heavy atom. The molecule has 1 unspecified atom stereocenters. The van der Waals surface area contributed by atoms with Crippen LogP contribution >= 0.6 is 0 Å². The van der Waals surface area contributed by atoms with E-state index in [0.717, 1.165) is 6.92 Å². The van der Waals surface area contributed by atoms with Crippen LogP contribution in [0.1, 0.15) is 31.4 Å². The molecular weight excluding hydrogens is 499 g/mol. The van der Waals surface area contributed by atoms with Gasteiger partial charge in [0.2, 0.25) is 12.3 Å². The van der Waals surface area contributed by atoms with E-state index in [2.05, 4.69) is 25.6 Å². The Morgan fingerprint density at radius 1 is 1.03 bits per heavy atom. The van der Waals surface area contributed by atoms with E-state index in [0.29, 0.717) is 19.5 Å². The van der Waals surface area contributed by atoms with Gasteiger partial charge >= 0.3 is 6.01 Å². The average Bonchev–Trinajstić information content (AvgIpc) is 2.87. The predicted molar refractivity (Wildman–Crippen MR) is 131 cm³/mol. The first-order chi connectivity index (χ1) is 17.5. The minimum Gasteiger partial charge on any atom is -0.474 e. The lowest BCUT2D eigenvalue weighted by molar-refractivity contribution is 0.149. The smallest absolute Gasteiger partial charge is 0.318 e. The van der Waals surface area contributed by atoms with Crippen LogP contribution in [-0.2, 0) is 6.42 Å². The van der Waals surface area contributed by atoms with Gasteiger partial charge in [-0.25, -0.2) is 26.9 Å². The van der Waals surface area contributed by atoms with Crippen LogP contribution in [0.15, 0.2) is 0 Å². The largest absolute Gasteiger partial charge is 0.474 e. The van der Waals surface area contributed by atoms with Crippen molar-refractivity contribution in [2.75, 3.05) is 38.3 Å². The average molecular weight is 529 g/mol. The van der Waals surface area contributed by atoms with Crippen LogP contribution < -0.4 is 25.8 Å². The number of ether oxygens (including phenoxy) is 2. The number of hydrogen-bond donors (Lipinski definition) is 3. The molecule has 0 bridgehead atoms. The molecule has 4 N–H and O–H groups in total. The van der Waals surface area contributed by atoms with Crippen molar-refractivity contribution in [2.24, 2.45) is 0 Å². The molecule has 3 aromatic rings. The minimum absolute atomic E-state index is 0.0427. The quantitative estimate of drug-likeness (QED) is 0.188. The molecule has 3 rings (SSSR count). The highest BCUT2D eigenvalue weighted by Crippen LogP contribution is 2.41. The number of likely N-dealkylation sites (N-methyl/N-ethyl adjacent to an activating group) is 1. The normalized spacial score (nSPS) is 12.3. The lowest BCUT2D eigenvalue weighted by atomic mass is 9.93. The van der Waals surface area contributed by atoms with Crippen molar-refractivity contribution in [3.63, 3.8) is 0 Å². The van der Waals surface area contributed by atoms with Crippen LogP contribution in [0.2, 0.25) is 0 Å². The van der Waals surface area contributed by atoms with E-state index in [1.54, 1.807) is 14.0 Å². The zero-order chi connectivity index (χ0) is 27.4. The van der Waals surface area contributed by atoms with E-state index in [1.807, 2.05) is 6.92 Å². The number of methoxy groups -OCH3 is 1. The highest BCUT2D eigenvalue weighted by molar-refractivity contribution is 5.96. The van der Waals surface area contributed by atoms with Crippen LogP contribution in [0.25, 0.3) is 22.2 Å². The first kappa shape index (κ1) is 28.1. The molecule has 0 saturated carbocycles. The summed E-state index contributed by atoms with van der Waals surface area (Å²) >= 11 is 0. The highest BCUT2D eigenvalue weighted by Gasteiger charge is 2.30. The van der Waals surface area contributed by atoms with Gasteiger partial charge in [-0.2, -0.15) is 9.97 Å². The number of rotatable bonds is 11. The Balaban J connectivity index is 2.46. The van der Waals surface area contributed by atoms with Crippen molar-refractivity contribution in [2.45, 2.75) is 46.1 Å². The van der Waals surface area contributed by atoms with Gasteiger partial charge in [-0.05, 0) is 38.4 Å². The van der Waals surface area contributed by atoms with Crippen LogP contribution in [0.4, 0.5) is 33.5 Å². The SMILES string of the molecule is CCC(C)Oc1nc(-c2c(F)c(N)c(F)c(C)c2CC(F)F)c(F)c2nc(OC)nc(NCCNC)c12. The third kappa shape index (κ3) is 5.60. The lowest BCUT2D eigenvalue weighted by Crippen LogP contribution is -2.19. The van der Waals surface area contributed by atoms with Gasteiger partial charge in [-0.3, -0.25) is 0 Å². The number of fused-ring (bicyclic) bond motifs is 1. The first-order valence-corrected chi connectivity index (χ1v) is 11.6. The molecular formula is C24H29F5N6O2. The highest BCUT2D eigenvalue weighted by atomic mass is 19.3. The number of nitrogens with zero attached hydrogens (tertiary/aromatic N) is 3. The van der Waals surface area contributed by atoms with E-state index in [9.17, 15) is 13.2 Å². The molecule has 0 aliphatic rings. The predicted octanol–water partition coefficient (Wildman–Crippen LogP) is 4.62. The van der Waals surface area contributed by atoms with Gasteiger partial charge in [0.1, 0.15) is 28.1 Å². The van der Waals surface area contributed by atoms with E-state index in [1.165, 1.54) is 7.11 Å². The van der Waals surface area contributed by atoms with Crippen molar-refractivity contribution in [1.29, 1.82) is 0 Å². The molecule has 2 heterocycles. The molecule has 1 aromatic carbocycles. The molecule has 0 aliphatic heterocycles. The Kier molecular flexibility index (Phi) is 8.89. The molecule has 1 atom stereocenters. The standard InChI is InChI=1S/C24H29F5N6O2/c1-6-10(2)37-23-15-21(34-24(36-5)35-22(15)32-8-7-31-4)18(29)20(33-23)14-12(9-13(25)26)11(3)16(27)19(30)17(14)28/h10,13,31H,6-9,30H2,1-5H3,(H,32,34,35). The number of nitrogen functional groups attached to an aromatic ring is 1. The van der Waals surface area contributed by atoms with Crippen molar-refractivity contribution in [1.82, 2.24) is 20.3 Å². The van der Waals surface area contributed by atoms with Gasteiger partial charge in [-0.15, -0.1) is 0 Å². The molecule has 0 amide bonds. The van der Waals surface area contributed by atoms with Crippen molar-refractivity contribution < 1.29 is 31.4 Å². The second-order valence-corrected chi connectivity index (χ2v) is 8.34. The summed E-state index contributed by atoms with van der Waals surface area (Å²) in [5, 5.41) is 6.03. The van der Waals surface area contributed by atoms with Crippen LogP contribution in [-0.4, -0.2) is 54.7 Å². The second-order valence-electron chi connectivity index (χ2n) is 8.34. The summed E-state index contributed by atoms with van der Waals surface area (Å²) in [6.07, 6.45) is -3.93. The number of benzene rings is 1. The van der Waals surface area contributed by atoms with Crippen molar-refractivity contribution in [3.05, 3.63) is 28.6 Å². The third-order valence-electron chi connectivity index (χ3n) is 5.84. The number of nitrogens with one attached hydrogen (secondary N) is 2. The minimum atomic E-state index is -2.98. The van der Waals surface area contributed by atoms with E-state index in [-0.39, 0.29) is 34.2 Å². The van der Waals surface area contributed by atoms with Crippen LogP contribution in [0.5, 0.6) is 11.9 Å². The fraction of sp³-hybridized carbons (Fsp3) is 0.458. The van der Waals surface area contributed by atoms with E-state index >= 15 is 8.78 Å². The topological polar surface area (TPSA) is 107 Å². The number of halogens is 5. The summed E-state index contributed by atoms with van der Waals surface area (Å²) in [4.78, 5) is 12.5. The molecule has 0 spiro atoms. The maximum atomic E-state index is 16.1. The van der Waals surface area contributed by atoms with Crippen LogP contribution in [0.3, 0.4) is 0 Å². The molecule has 2 aromatic heterocycles. The maximum Gasteiger partial charge on any atom is 0.318 e.